The van der Waals surface area contributed by atoms with E-state index in [2.05, 4.69) is 40.7 Å². The van der Waals surface area contributed by atoms with Gasteiger partial charge in [-0.15, -0.1) is 0 Å². The second-order valence-corrected chi connectivity index (χ2v) is 17.1. The maximum absolute atomic E-state index is 13.0. The smallest absolute Gasteiger partial charge is 0.344 e. The van der Waals surface area contributed by atoms with Gasteiger partial charge in [-0.2, -0.15) is 0 Å². The van der Waals surface area contributed by atoms with Crippen molar-refractivity contribution in [2.24, 2.45) is 46.3 Å². The lowest BCUT2D eigenvalue weighted by Crippen LogP contribution is -2.51. The average molecular weight is 681 g/mol. The fraction of sp³-hybridized carbons (Fsp3) is 0.591. The molecule has 4 aliphatic rings. The largest absolute Gasteiger partial charge is 0.507 e. The minimum absolute atomic E-state index is 0.0786. The number of carbonyl (C=O) groups excluding carboxylic acids is 1. The zero-order chi connectivity index (χ0) is 35.2. The lowest BCUT2D eigenvalue weighted by Gasteiger charge is -2.58. The molecule has 3 aromatic rings. The van der Waals surface area contributed by atoms with Gasteiger partial charge in [0, 0.05) is 30.2 Å². The van der Waals surface area contributed by atoms with E-state index in [9.17, 15) is 14.7 Å². The molecule has 0 spiro atoms. The van der Waals surface area contributed by atoms with Crippen LogP contribution in [0.15, 0.2) is 69.4 Å². The van der Waals surface area contributed by atoms with Gasteiger partial charge in [-0.25, -0.2) is 4.79 Å². The van der Waals surface area contributed by atoms with Crippen molar-refractivity contribution in [2.75, 3.05) is 6.61 Å². The predicted molar refractivity (Wildman–Crippen MR) is 198 cm³/mol. The molecule has 3 fully saturated rings. The molecule has 1 heterocycles. The average Bonchev–Trinajstić information content (AvgIpc) is 3.44. The molecule has 0 amide bonds. The summed E-state index contributed by atoms with van der Waals surface area (Å²) in [6.45, 7) is 12.1. The van der Waals surface area contributed by atoms with Gasteiger partial charge in [0.15, 0.2) is 12.0 Å². The number of aromatic hydroxyl groups is 1. The molecule has 1 aromatic heterocycles. The molecule has 0 unspecified atom stereocenters. The highest BCUT2D eigenvalue weighted by molar-refractivity contribution is 5.86. The highest BCUT2D eigenvalue weighted by Crippen LogP contribution is 2.67. The van der Waals surface area contributed by atoms with Crippen LogP contribution in [0.2, 0.25) is 0 Å². The van der Waals surface area contributed by atoms with Gasteiger partial charge in [0.05, 0.1) is 0 Å². The molecule has 8 atom stereocenters. The molecule has 0 saturated heterocycles. The van der Waals surface area contributed by atoms with Crippen LogP contribution in [0.1, 0.15) is 105 Å². The topological polar surface area (TPSA) is 86.0 Å². The van der Waals surface area contributed by atoms with Crippen LogP contribution >= 0.6 is 0 Å². The quantitative estimate of drug-likeness (QED) is 0.169. The van der Waals surface area contributed by atoms with Crippen LogP contribution in [0.5, 0.6) is 11.5 Å². The number of hydrogen-bond acceptors (Lipinski definition) is 6. The van der Waals surface area contributed by atoms with Gasteiger partial charge in [-0.3, -0.25) is 4.79 Å². The van der Waals surface area contributed by atoms with Crippen molar-refractivity contribution in [3.8, 4) is 22.8 Å². The number of hydrogen-bond donors (Lipinski definition) is 1. The minimum Gasteiger partial charge on any atom is -0.507 e. The Morgan fingerprint density at radius 2 is 1.78 bits per heavy atom. The highest BCUT2D eigenvalue weighted by Gasteiger charge is 2.59. The molecular formula is C44H56O6. The normalized spacial score (nSPS) is 31.0. The number of esters is 1. The maximum atomic E-state index is 13.0. The zero-order valence-electron chi connectivity index (χ0n) is 30.7. The first-order chi connectivity index (χ1) is 24.0. The third-order valence-corrected chi connectivity index (χ3v) is 13.8. The highest BCUT2D eigenvalue weighted by atomic mass is 16.6. The second-order valence-electron chi connectivity index (χ2n) is 17.1. The van der Waals surface area contributed by atoms with Crippen LogP contribution in [-0.2, 0) is 9.53 Å². The van der Waals surface area contributed by atoms with Gasteiger partial charge < -0.3 is 19.0 Å². The molecule has 1 N–H and O–H groups in total. The van der Waals surface area contributed by atoms with Crippen molar-refractivity contribution in [2.45, 2.75) is 111 Å². The number of phenolic OH excluding ortho intramolecular Hbond substituents is 1. The van der Waals surface area contributed by atoms with E-state index in [4.69, 9.17) is 13.9 Å². The Balaban J connectivity index is 0.970. The lowest BCUT2D eigenvalue weighted by atomic mass is 9.47. The van der Waals surface area contributed by atoms with Gasteiger partial charge >= 0.3 is 5.97 Å². The van der Waals surface area contributed by atoms with E-state index >= 15 is 0 Å². The van der Waals surface area contributed by atoms with Gasteiger partial charge in [-0.1, -0.05) is 95.9 Å². The Morgan fingerprint density at radius 3 is 2.56 bits per heavy atom. The Bertz CT molecular complexity index is 1790. The molecule has 50 heavy (non-hydrogen) atoms. The second kappa shape index (κ2) is 13.9. The first kappa shape index (κ1) is 34.9. The number of fused-ring (bicyclic) bond motifs is 6. The van der Waals surface area contributed by atoms with Crippen LogP contribution in [-0.4, -0.2) is 23.8 Å². The van der Waals surface area contributed by atoms with Gasteiger partial charge in [0.25, 0.3) is 0 Å². The molecule has 0 bridgehead atoms. The van der Waals surface area contributed by atoms with Gasteiger partial charge in [-0.05, 0) is 91.3 Å². The van der Waals surface area contributed by atoms with Crippen LogP contribution in [0.3, 0.4) is 0 Å². The van der Waals surface area contributed by atoms with E-state index in [0.29, 0.717) is 11.2 Å². The number of rotatable bonds is 10. The summed E-state index contributed by atoms with van der Waals surface area (Å²) >= 11 is 0. The Hall–Kier alpha value is -3.54. The predicted octanol–water partition coefficient (Wildman–Crippen LogP) is 10.5. The molecule has 2 aromatic carbocycles. The fourth-order valence-electron chi connectivity index (χ4n) is 11.2. The Kier molecular flexibility index (Phi) is 9.69. The molecule has 4 aliphatic carbocycles. The maximum Gasteiger partial charge on any atom is 0.344 e. The summed E-state index contributed by atoms with van der Waals surface area (Å²) in [5.41, 5.74) is 2.76. The third-order valence-electron chi connectivity index (χ3n) is 13.8. The van der Waals surface area contributed by atoms with Gasteiger partial charge in [0.1, 0.15) is 34.3 Å². The van der Waals surface area contributed by atoms with E-state index in [-0.39, 0.29) is 46.0 Å². The van der Waals surface area contributed by atoms with E-state index in [1.54, 1.807) is 6.07 Å². The van der Waals surface area contributed by atoms with E-state index < -0.39 is 5.97 Å². The van der Waals surface area contributed by atoms with Crippen molar-refractivity contribution in [1.82, 2.24) is 0 Å². The van der Waals surface area contributed by atoms with Crippen molar-refractivity contribution in [3.63, 3.8) is 0 Å². The summed E-state index contributed by atoms with van der Waals surface area (Å²) in [6.07, 6.45) is 15.8. The van der Waals surface area contributed by atoms with Crippen LogP contribution in [0.4, 0.5) is 0 Å². The Labute approximate surface area is 297 Å². The molecular weight excluding hydrogens is 624 g/mol. The number of ether oxygens (including phenoxy) is 2. The first-order valence-electron chi connectivity index (χ1n) is 19.3. The lowest BCUT2D eigenvalue weighted by molar-refractivity contribution is -0.153. The number of phenols is 1. The van der Waals surface area contributed by atoms with E-state index in [0.717, 1.165) is 60.3 Å². The molecule has 268 valence electrons. The van der Waals surface area contributed by atoms with Crippen molar-refractivity contribution in [1.29, 1.82) is 0 Å². The summed E-state index contributed by atoms with van der Waals surface area (Å²) in [6, 6.07) is 13.6. The minimum atomic E-state index is -0.431. The van der Waals surface area contributed by atoms with Crippen molar-refractivity contribution in [3.05, 3.63) is 70.4 Å². The summed E-state index contributed by atoms with van der Waals surface area (Å²) in [7, 11) is 0. The fourth-order valence-corrected chi connectivity index (χ4v) is 11.2. The van der Waals surface area contributed by atoms with E-state index in [1.807, 2.05) is 30.3 Å². The van der Waals surface area contributed by atoms with E-state index in [1.165, 1.54) is 69.1 Å². The molecule has 6 heteroatoms. The molecule has 3 saturated carbocycles. The number of allylic oxidation sites excluding steroid dienone is 1. The molecule has 0 radical (unpaired) electrons. The van der Waals surface area contributed by atoms with Gasteiger partial charge in [0.2, 0.25) is 0 Å². The first-order valence-corrected chi connectivity index (χ1v) is 19.3. The van der Waals surface area contributed by atoms with Crippen molar-refractivity contribution >= 4 is 16.9 Å². The summed E-state index contributed by atoms with van der Waals surface area (Å²) in [5.74, 6) is 4.75. The standard InChI is InChI=1S/C44H56O6/c1-27(2)10-9-11-28(3)34-16-17-35-33-15-14-30-22-31(18-20-43(30,4)36(33)19-21-44(34,35)5)49-41(47)26-48-32-23-37(45)42-38(46)25-39(50-40(42)24-32)29-12-7-6-8-13-29/h6-8,12-14,23-25,27-28,31,33-36,45H,9-11,15-22,26H2,1-5H3/t28-,31+,33+,34-,35-,36+,43+,44-/m1/s1. The SMILES string of the molecule is CC(C)CCC[C@@H](C)[C@H]1CC[C@@H]2[C@@H]3CC=C4C[C@@H](OC(=O)COc5cc(O)c6c(=O)cc(-c7ccccc7)oc6c5)CC[C@]4(C)[C@H]3CC[C@@]21C. The third kappa shape index (κ3) is 6.52. The number of carbonyl (C=O) groups is 1. The number of benzene rings is 2. The van der Waals surface area contributed by atoms with Crippen molar-refractivity contribution < 1.29 is 23.8 Å². The summed E-state index contributed by atoms with van der Waals surface area (Å²) in [4.78, 5) is 25.8. The summed E-state index contributed by atoms with van der Waals surface area (Å²) < 4.78 is 17.7. The van der Waals surface area contributed by atoms with Crippen LogP contribution in [0, 0.1) is 46.3 Å². The monoisotopic (exact) mass is 680 g/mol. The zero-order valence-corrected chi connectivity index (χ0v) is 30.7. The molecule has 6 nitrogen and oxygen atoms in total. The molecule has 7 rings (SSSR count). The van der Waals surface area contributed by atoms with Crippen LogP contribution in [0.25, 0.3) is 22.3 Å². The molecule has 0 aliphatic heterocycles. The Morgan fingerprint density at radius 1 is 0.980 bits per heavy atom. The van der Waals surface area contributed by atoms with Crippen LogP contribution < -0.4 is 10.2 Å². The summed E-state index contributed by atoms with van der Waals surface area (Å²) in [5, 5.41) is 10.7.